The van der Waals surface area contributed by atoms with Crippen molar-refractivity contribution in [1.82, 2.24) is 5.32 Å². The number of rotatable bonds is 5. The van der Waals surface area contributed by atoms with E-state index >= 15 is 0 Å². The molecule has 0 aliphatic carbocycles. The number of benzene rings is 2. The molecule has 0 bridgehead atoms. The van der Waals surface area contributed by atoms with Gasteiger partial charge < -0.3 is 10.1 Å². The number of hydrogen-bond donors (Lipinski definition) is 1. The van der Waals surface area contributed by atoms with E-state index in [0.29, 0.717) is 13.2 Å². The first-order valence-electron chi connectivity index (χ1n) is 6.79. The second kappa shape index (κ2) is 6.24. The van der Waals surface area contributed by atoms with Crippen LogP contribution >= 0.6 is 11.3 Å². The van der Waals surface area contributed by atoms with Crippen LogP contribution in [0.4, 0.5) is 4.39 Å². The fourth-order valence-electron chi connectivity index (χ4n) is 2.32. The van der Waals surface area contributed by atoms with E-state index in [1.54, 1.807) is 17.4 Å². The van der Waals surface area contributed by atoms with E-state index in [4.69, 9.17) is 4.74 Å². The highest BCUT2D eigenvalue weighted by atomic mass is 32.1. The summed E-state index contributed by atoms with van der Waals surface area (Å²) < 4.78 is 20.5. The molecule has 1 heterocycles. The number of halogens is 1. The van der Waals surface area contributed by atoms with Crippen LogP contribution in [0.25, 0.3) is 10.1 Å². The molecule has 2 nitrogen and oxygen atoms in total. The van der Waals surface area contributed by atoms with Crippen molar-refractivity contribution in [3.63, 3.8) is 0 Å². The molecule has 4 heteroatoms. The van der Waals surface area contributed by atoms with Crippen molar-refractivity contribution < 1.29 is 9.13 Å². The van der Waals surface area contributed by atoms with Crippen molar-refractivity contribution in [2.24, 2.45) is 0 Å². The second-order valence-electron chi connectivity index (χ2n) is 4.83. The summed E-state index contributed by atoms with van der Waals surface area (Å²) >= 11 is 1.71. The Bertz CT molecular complexity index is 753. The molecule has 0 fully saturated rings. The zero-order chi connectivity index (χ0) is 14.7. The molecule has 1 N–H and O–H groups in total. The summed E-state index contributed by atoms with van der Waals surface area (Å²) in [7, 11) is 1.83. The van der Waals surface area contributed by atoms with E-state index in [2.05, 4.69) is 22.8 Å². The normalized spacial score (nSPS) is 11.0. The minimum Gasteiger partial charge on any atom is -0.489 e. The first-order chi connectivity index (χ1) is 10.3. The highest BCUT2D eigenvalue weighted by molar-refractivity contribution is 7.17. The van der Waals surface area contributed by atoms with Gasteiger partial charge in [-0.2, -0.15) is 0 Å². The Morgan fingerprint density at radius 2 is 2.00 bits per heavy atom. The van der Waals surface area contributed by atoms with Gasteiger partial charge in [-0.25, -0.2) is 4.39 Å². The molecule has 0 saturated heterocycles. The number of thiophene rings is 1. The quantitative estimate of drug-likeness (QED) is 0.757. The van der Waals surface area contributed by atoms with Crippen LogP contribution in [0.2, 0.25) is 0 Å². The van der Waals surface area contributed by atoms with Crippen LogP contribution in [0, 0.1) is 5.82 Å². The first-order valence-corrected chi connectivity index (χ1v) is 7.67. The zero-order valence-corrected chi connectivity index (χ0v) is 12.5. The van der Waals surface area contributed by atoms with Crippen LogP contribution in [0.5, 0.6) is 5.75 Å². The third-order valence-corrected chi connectivity index (χ3v) is 4.35. The minimum atomic E-state index is -0.242. The fraction of sp³-hybridized carbons (Fsp3) is 0.176. The summed E-state index contributed by atoms with van der Waals surface area (Å²) in [5.74, 6) is 0.481. The lowest BCUT2D eigenvalue weighted by molar-refractivity contribution is 0.303. The molecule has 3 rings (SSSR count). The van der Waals surface area contributed by atoms with Gasteiger partial charge in [-0.1, -0.05) is 18.2 Å². The van der Waals surface area contributed by atoms with Crippen molar-refractivity contribution >= 4 is 21.4 Å². The highest BCUT2D eigenvalue weighted by Gasteiger charge is 2.08. The van der Waals surface area contributed by atoms with Crippen molar-refractivity contribution in [2.75, 3.05) is 7.05 Å². The van der Waals surface area contributed by atoms with E-state index in [1.807, 2.05) is 19.2 Å². The summed E-state index contributed by atoms with van der Waals surface area (Å²) in [6.45, 7) is 1.07. The van der Waals surface area contributed by atoms with E-state index in [0.717, 1.165) is 16.9 Å². The highest BCUT2D eigenvalue weighted by Crippen LogP contribution is 2.27. The van der Waals surface area contributed by atoms with Crippen LogP contribution < -0.4 is 10.1 Å². The predicted molar refractivity (Wildman–Crippen MR) is 85.3 cm³/mol. The van der Waals surface area contributed by atoms with Gasteiger partial charge in [0, 0.05) is 22.4 Å². The van der Waals surface area contributed by atoms with Crippen molar-refractivity contribution in [2.45, 2.75) is 13.2 Å². The van der Waals surface area contributed by atoms with Gasteiger partial charge in [0.25, 0.3) is 0 Å². The van der Waals surface area contributed by atoms with Gasteiger partial charge in [0.05, 0.1) is 0 Å². The summed E-state index contributed by atoms with van der Waals surface area (Å²) in [4.78, 5) is 0. The topological polar surface area (TPSA) is 21.3 Å². The Morgan fingerprint density at radius 3 is 2.86 bits per heavy atom. The Hall–Kier alpha value is -1.91. The van der Waals surface area contributed by atoms with Crippen LogP contribution in [-0.2, 0) is 13.2 Å². The molecule has 0 atom stereocenters. The van der Waals surface area contributed by atoms with E-state index in [9.17, 15) is 4.39 Å². The molecule has 0 radical (unpaired) electrons. The maximum Gasteiger partial charge on any atom is 0.124 e. The fourth-order valence-corrected chi connectivity index (χ4v) is 3.26. The Morgan fingerprint density at radius 1 is 1.14 bits per heavy atom. The van der Waals surface area contributed by atoms with E-state index in [1.165, 1.54) is 22.2 Å². The Balaban J connectivity index is 1.81. The van der Waals surface area contributed by atoms with Crippen molar-refractivity contribution in [3.8, 4) is 5.75 Å². The molecular weight excluding hydrogens is 285 g/mol. The van der Waals surface area contributed by atoms with Gasteiger partial charge >= 0.3 is 0 Å². The third kappa shape index (κ3) is 3.06. The standard InChI is InChI=1S/C17H16FNOS/c1-19-9-12-8-14(18)6-7-16(12)20-10-13-11-21-17-5-3-2-4-15(13)17/h2-8,11,19H,9-10H2,1H3. The lowest BCUT2D eigenvalue weighted by atomic mass is 10.2. The van der Waals surface area contributed by atoms with Crippen LogP contribution in [0.3, 0.4) is 0 Å². The smallest absolute Gasteiger partial charge is 0.124 e. The predicted octanol–water partition coefficient (Wildman–Crippen LogP) is 4.34. The summed E-state index contributed by atoms with van der Waals surface area (Å²) in [5, 5.41) is 6.37. The molecule has 0 unspecified atom stereocenters. The Labute approximate surface area is 127 Å². The largest absolute Gasteiger partial charge is 0.489 e. The minimum absolute atomic E-state index is 0.242. The summed E-state index contributed by atoms with van der Waals surface area (Å²) in [5.41, 5.74) is 1.99. The average Bonchev–Trinajstić information content (AvgIpc) is 2.90. The van der Waals surface area contributed by atoms with Crippen LogP contribution in [0.15, 0.2) is 47.8 Å². The molecule has 0 aliphatic rings. The number of fused-ring (bicyclic) bond motifs is 1. The molecule has 108 valence electrons. The Kier molecular flexibility index (Phi) is 4.18. The monoisotopic (exact) mass is 301 g/mol. The van der Waals surface area contributed by atoms with Crippen LogP contribution in [-0.4, -0.2) is 7.05 Å². The summed E-state index contributed by atoms with van der Waals surface area (Å²) in [6.07, 6.45) is 0. The molecule has 0 aliphatic heterocycles. The first kappa shape index (κ1) is 14.0. The summed E-state index contributed by atoms with van der Waals surface area (Å²) in [6, 6.07) is 12.9. The number of hydrogen-bond acceptors (Lipinski definition) is 3. The van der Waals surface area contributed by atoms with Gasteiger partial charge in [-0.05, 0) is 42.1 Å². The second-order valence-corrected chi connectivity index (χ2v) is 5.74. The molecule has 3 aromatic rings. The maximum atomic E-state index is 13.3. The lowest BCUT2D eigenvalue weighted by Crippen LogP contribution is -2.08. The van der Waals surface area contributed by atoms with Gasteiger partial charge in [0.15, 0.2) is 0 Å². The van der Waals surface area contributed by atoms with Crippen LogP contribution in [0.1, 0.15) is 11.1 Å². The number of ether oxygens (including phenoxy) is 1. The molecule has 0 spiro atoms. The van der Waals surface area contributed by atoms with E-state index in [-0.39, 0.29) is 5.82 Å². The molecule has 1 aromatic heterocycles. The maximum absolute atomic E-state index is 13.3. The number of nitrogens with one attached hydrogen (secondary N) is 1. The SMILES string of the molecule is CNCc1cc(F)ccc1OCc1csc2ccccc12. The average molecular weight is 301 g/mol. The van der Waals surface area contributed by atoms with Crippen molar-refractivity contribution in [1.29, 1.82) is 0 Å². The molecule has 0 amide bonds. The molecule has 21 heavy (non-hydrogen) atoms. The van der Waals surface area contributed by atoms with Gasteiger partial charge in [-0.15, -0.1) is 11.3 Å². The van der Waals surface area contributed by atoms with Gasteiger partial charge in [0.2, 0.25) is 0 Å². The molecular formula is C17H16FNOS. The molecule has 2 aromatic carbocycles. The van der Waals surface area contributed by atoms with E-state index < -0.39 is 0 Å². The zero-order valence-electron chi connectivity index (χ0n) is 11.7. The van der Waals surface area contributed by atoms with Crippen molar-refractivity contribution in [3.05, 3.63) is 64.8 Å². The lowest BCUT2D eigenvalue weighted by Gasteiger charge is -2.11. The third-order valence-electron chi connectivity index (χ3n) is 3.33. The molecule has 0 saturated carbocycles. The van der Waals surface area contributed by atoms with Gasteiger partial charge in [0.1, 0.15) is 18.2 Å². The van der Waals surface area contributed by atoms with Gasteiger partial charge in [-0.3, -0.25) is 0 Å².